The second-order valence-corrected chi connectivity index (χ2v) is 6.54. The molecule has 0 bridgehead atoms. The van der Waals surface area contributed by atoms with E-state index in [4.69, 9.17) is 4.74 Å². The van der Waals surface area contributed by atoms with Gasteiger partial charge in [-0.1, -0.05) is 24.3 Å². The maximum atomic E-state index is 12.5. The Bertz CT molecular complexity index is 743. The summed E-state index contributed by atoms with van der Waals surface area (Å²) in [6, 6.07) is 7.83. The Morgan fingerprint density at radius 3 is 2.62 bits per heavy atom. The summed E-state index contributed by atoms with van der Waals surface area (Å²) in [6.07, 6.45) is 5.61. The minimum atomic E-state index is -1.04. The SMILES string of the molecule is CCOC(=O)C1(NC(=O)C=Cc2nccs2)Cc2ccccc2C1. The lowest BCUT2D eigenvalue weighted by molar-refractivity contribution is -0.152. The van der Waals surface area contributed by atoms with Gasteiger partial charge in [-0.15, -0.1) is 11.3 Å². The number of benzene rings is 1. The molecule has 2 aromatic rings. The number of amides is 1. The minimum absolute atomic E-state index is 0.280. The number of nitrogens with one attached hydrogen (secondary N) is 1. The second kappa shape index (κ2) is 6.97. The number of carbonyl (C=O) groups excluding carboxylic acids is 2. The van der Waals surface area contributed by atoms with Gasteiger partial charge in [-0.25, -0.2) is 9.78 Å². The molecule has 24 heavy (non-hydrogen) atoms. The summed E-state index contributed by atoms with van der Waals surface area (Å²) in [6.45, 7) is 2.04. The number of aromatic nitrogens is 1. The van der Waals surface area contributed by atoms with Crippen molar-refractivity contribution in [2.24, 2.45) is 0 Å². The summed E-state index contributed by atoms with van der Waals surface area (Å²) in [5.74, 6) is -0.719. The molecular formula is C18H18N2O3S. The van der Waals surface area contributed by atoms with Crippen LogP contribution in [0.3, 0.4) is 0 Å². The lowest BCUT2D eigenvalue weighted by Crippen LogP contribution is -2.55. The molecule has 0 aliphatic heterocycles. The summed E-state index contributed by atoms with van der Waals surface area (Å²) in [7, 11) is 0. The summed E-state index contributed by atoms with van der Waals surface area (Å²) >= 11 is 1.44. The summed E-state index contributed by atoms with van der Waals surface area (Å²) in [4.78, 5) is 29.0. The first-order valence-electron chi connectivity index (χ1n) is 7.77. The van der Waals surface area contributed by atoms with Crippen molar-refractivity contribution in [3.05, 3.63) is 58.1 Å². The first-order chi connectivity index (χ1) is 11.6. The second-order valence-electron chi connectivity index (χ2n) is 5.62. The van der Waals surface area contributed by atoms with Gasteiger partial charge in [0.25, 0.3) is 0 Å². The summed E-state index contributed by atoms with van der Waals surface area (Å²) in [5.41, 5.74) is 1.09. The van der Waals surface area contributed by atoms with Crippen molar-refractivity contribution in [3.63, 3.8) is 0 Å². The number of thiazole rings is 1. The molecule has 6 heteroatoms. The Kier molecular flexibility index (Phi) is 4.76. The Hall–Kier alpha value is -2.47. The third-order valence-corrected chi connectivity index (χ3v) is 4.70. The highest BCUT2D eigenvalue weighted by Crippen LogP contribution is 2.31. The molecule has 0 radical (unpaired) electrons. The fraction of sp³-hybridized carbons (Fsp3) is 0.278. The molecule has 1 heterocycles. The van der Waals surface area contributed by atoms with Gasteiger partial charge in [0, 0.05) is 30.5 Å². The van der Waals surface area contributed by atoms with Gasteiger partial charge in [-0.3, -0.25) is 4.79 Å². The van der Waals surface area contributed by atoms with E-state index in [-0.39, 0.29) is 12.5 Å². The topological polar surface area (TPSA) is 68.3 Å². The van der Waals surface area contributed by atoms with E-state index in [0.717, 1.165) is 16.1 Å². The van der Waals surface area contributed by atoms with Gasteiger partial charge in [0.05, 0.1) is 6.61 Å². The molecule has 1 aliphatic carbocycles. The molecule has 0 atom stereocenters. The van der Waals surface area contributed by atoms with Crippen LogP contribution in [0.1, 0.15) is 23.1 Å². The van der Waals surface area contributed by atoms with Gasteiger partial charge in [0.2, 0.25) is 5.91 Å². The zero-order valence-electron chi connectivity index (χ0n) is 13.3. The number of hydrogen-bond donors (Lipinski definition) is 1. The normalized spacial score (nSPS) is 15.2. The van der Waals surface area contributed by atoms with Crippen LogP contribution in [-0.2, 0) is 27.2 Å². The molecule has 1 amide bonds. The van der Waals surface area contributed by atoms with Crippen molar-refractivity contribution in [1.82, 2.24) is 10.3 Å². The van der Waals surface area contributed by atoms with E-state index >= 15 is 0 Å². The van der Waals surface area contributed by atoms with Crippen LogP contribution in [0.5, 0.6) is 0 Å². The molecule has 0 unspecified atom stereocenters. The smallest absolute Gasteiger partial charge is 0.332 e. The average Bonchev–Trinajstić information content (AvgIpc) is 3.20. The molecular weight excluding hydrogens is 324 g/mol. The maximum Gasteiger partial charge on any atom is 0.332 e. The Morgan fingerprint density at radius 2 is 2.04 bits per heavy atom. The first-order valence-corrected chi connectivity index (χ1v) is 8.65. The van der Waals surface area contributed by atoms with Gasteiger partial charge < -0.3 is 10.1 Å². The number of carbonyl (C=O) groups is 2. The number of fused-ring (bicyclic) bond motifs is 1. The van der Waals surface area contributed by atoms with Gasteiger partial charge >= 0.3 is 5.97 Å². The Balaban J connectivity index is 1.79. The zero-order chi connectivity index (χ0) is 17.0. The van der Waals surface area contributed by atoms with Crippen LogP contribution in [0.4, 0.5) is 0 Å². The van der Waals surface area contributed by atoms with E-state index in [1.807, 2.05) is 29.6 Å². The molecule has 0 saturated heterocycles. The number of rotatable bonds is 5. The van der Waals surface area contributed by atoms with E-state index in [1.54, 1.807) is 19.2 Å². The highest BCUT2D eigenvalue weighted by Gasteiger charge is 2.46. The van der Waals surface area contributed by atoms with E-state index < -0.39 is 11.5 Å². The molecule has 0 saturated carbocycles. The number of hydrogen-bond acceptors (Lipinski definition) is 5. The van der Waals surface area contributed by atoms with E-state index in [0.29, 0.717) is 12.8 Å². The van der Waals surface area contributed by atoms with Crippen molar-refractivity contribution in [3.8, 4) is 0 Å². The molecule has 5 nitrogen and oxygen atoms in total. The van der Waals surface area contributed by atoms with Crippen molar-refractivity contribution in [2.45, 2.75) is 25.3 Å². The molecule has 3 rings (SSSR count). The predicted molar refractivity (Wildman–Crippen MR) is 92.5 cm³/mol. The van der Waals surface area contributed by atoms with Gasteiger partial charge in [-0.05, 0) is 24.1 Å². The van der Waals surface area contributed by atoms with Crippen molar-refractivity contribution >= 4 is 29.3 Å². The summed E-state index contributed by atoms with van der Waals surface area (Å²) in [5, 5.41) is 5.44. The van der Waals surface area contributed by atoms with E-state index in [2.05, 4.69) is 10.3 Å². The lowest BCUT2D eigenvalue weighted by Gasteiger charge is -2.27. The maximum absolute atomic E-state index is 12.5. The zero-order valence-corrected chi connectivity index (χ0v) is 14.1. The van der Waals surface area contributed by atoms with Gasteiger partial charge in [-0.2, -0.15) is 0 Å². The summed E-state index contributed by atoms with van der Waals surface area (Å²) < 4.78 is 5.22. The molecule has 1 N–H and O–H groups in total. The number of ether oxygens (including phenoxy) is 1. The van der Waals surface area contributed by atoms with Crippen molar-refractivity contribution in [1.29, 1.82) is 0 Å². The Labute approximate surface area is 144 Å². The number of esters is 1. The van der Waals surface area contributed by atoms with Crippen LogP contribution in [-0.4, -0.2) is 29.0 Å². The lowest BCUT2D eigenvalue weighted by atomic mass is 9.95. The fourth-order valence-corrected chi connectivity index (χ4v) is 3.44. The van der Waals surface area contributed by atoms with Crippen LogP contribution in [0.25, 0.3) is 6.08 Å². The monoisotopic (exact) mass is 342 g/mol. The van der Waals surface area contributed by atoms with Gasteiger partial charge in [0.15, 0.2) is 0 Å². The van der Waals surface area contributed by atoms with Crippen LogP contribution in [0.2, 0.25) is 0 Å². The predicted octanol–water partition coefficient (Wildman–Crippen LogP) is 2.37. The minimum Gasteiger partial charge on any atom is -0.464 e. The average molecular weight is 342 g/mol. The third-order valence-electron chi connectivity index (χ3n) is 3.96. The quantitative estimate of drug-likeness (QED) is 0.669. The largest absolute Gasteiger partial charge is 0.464 e. The standard InChI is InChI=1S/C18H18N2O3S/c1-2-23-17(22)18(11-13-5-3-4-6-14(13)12-18)20-15(21)7-8-16-19-9-10-24-16/h3-10H,2,11-12H2,1H3,(H,20,21). The molecule has 0 fully saturated rings. The van der Waals surface area contributed by atoms with Crippen LogP contribution >= 0.6 is 11.3 Å². The van der Waals surface area contributed by atoms with Crippen LogP contribution in [0.15, 0.2) is 41.9 Å². The van der Waals surface area contributed by atoms with Gasteiger partial charge in [0.1, 0.15) is 10.5 Å². The van der Waals surface area contributed by atoms with Crippen molar-refractivity contribution < 1.29 is 14.3 Å². The van der Waals surface area contributed by atoms with Crippen molar-refractivity contribution in [2.75, 3.05) is 6.61 Å². The third kappa shape index (κ3) is 3.38. The molecule has 1 aliphatic rings. The van der Waals surface area contributed by atoms with Crippen LogP contribution in [0, 0.1) is 0 Å². The highest BCUT2D eigenvalue weighted by molar-refractivity contribution is 7.10. The molecule has 1 aromatic heterocycles. The van der Waals surface area contributed by atoms with Crippen LogP contribution < -0.4 is 5.32 Å². The fourth-order valence-electron chi connectivity index (χ4n) is 2.91. The van der Waals surface area contributed by atoms with E-state index in [9.17, 15) is 9.59 Å². The highest BCUT2D eigenvalue weighted by atomic mass is 32.1. The van der Waals surface area contributed by atoms with E-state index in [1.165, 1.54) is 17.4 Å². The molecule has 1 aromatic carbocycles. The molecule has 0 spiro atoms. The Morgan fingerprint density at radius 1 is 1.33 bits per heavy atom. The number of nitrogens with zero attached hydrogens (tertiary/aromatic N) is 1. The first kappa shape index (κ1) is 16.4. The molecule has 124 valence electrons.